The van der Waals surface area contributed by atoms with Crippen molar-refractivity contribution in [2.24, 2.45) is 0 Å². The van der Waals surface area contributed by atoms with E-state index in [1.54, 1.807) is 0 Å². The number of ether oxygens (including phenoxy) is 4. The first-order chi connectivity index (χ1) is 24.3. The van der Waals surface area contributed by atoms with Crippen molar-refractivity contribution in [2.75, 3.05) is 0 Å². The molecule has 7 rings (SSSR count). The molecule has 0 bridgehead atoms. The Morgan fingerprint density at radius 3 is 0.760 bits per heavy atom. The van der Waals surface area contributed by atoms with Crippen LogP contribution in [0.2, 0.25) is 0 Å². The second kappa shape index (κ2) is 16.2. The molecule has 0 heterocycles. The Kier molecular flexibility index (Phi) is 10.9. The van der Waals surface area contributed by atoms with Gasteiger partial charge in [0.05, 0.1) is 0 Å². The van der Waals surface area contributed by atoms with Gasteiger partial charge in [0.15, 0.2) is 0 Å². The Balaban J connectivity index is 0.000000178. The first-order valence-corrected chi connectivity index (χ1v) is 16.6. The highest BCUT2D eigenvalue weighted by Crippen LogP contribution is 2.30. The van der Waals surface area contributed by atoms with Crippen LogP contribution in [0.3, 0.4) is 0 Å². The summed E-state index contributed by atoms with van der Waals surface area (Å²) < 4.78 is 23.6. The number of hydrogen-bond donors (Lipinski definition) is 0. The normalized spacial score (nSPS) is 10.4. The topological polar surface area (TPSA) is 36.9 Å². The molecule has 0 aromatic heterocycles. The van der Waals surface area contributed by atoms with E-state index in [1.165, 1.54) is 22.3 Å². The van der Waals surface area contributed by atoms with Crippen LogP contribution >= 0.6 is 0 Å². The minimum absolute atomic E-state index is 0.760. The average Bonchev–Trinajstić information content (AvgIpc) is 3.10. The maximum absolute atomic E-state index is 5.93. The fourth-order valence-electron chi connectivity index (χ4n) is 5.29. The highest BCUT2D eigenvalue weighted by Gasteiger charge is 2.04. The molecule has 0 saturated heterocycles. The molecule has 50 heavy (non-hydrogen) atoms. The molecule has 0 N–H and O–H groups in total. The van der Waals surface area contributed by atoms with Gasteiger partial charge >= 0.3 is 0 Å². The molecule has 0 amide bonds. The maximum atomic E-state index is 5.93. The second-order valence-electron chi connectivity index (χ2n) is 12.2. The Morgan fingerprint density at radius 1 is 0.240 bits per heavy atom. The Labute approximate surface area is 295 Å². The molecular weight excluding hydrogens is 617 g/mol. The third kappa shape index (κ3) is 9.88. The Bertz CT molecular complexity index is 2000. The minimum Gasteiger partial charge on any atom is -0.457 e. The molecular formula is C46H40O4. The van der Waals surface area contributed by atoms with Crippen molar-refractivity contribution in [1.29, 1.82) is 0 Å². The van der Waals surface area contributed by atoms with Crippen molar-refractivity contribution in [3.8, 4) is 57.1 Å². The first kappa shape index (κ1) is 33.6. The van der Waals surface area contributed by atoms with Gasteiger partial charge in [-0.1, -0.05) is 78.9 Å². The van der Waals surface area contributed by atoms with Crippen molar-refractivity contribution < 1.29 is 18.9 Å². The van der Waals surface area contributed by atoms with Crippen molar-refractivity contribution in [3.05, 3.63) is 192 Å². The number of aryl methyl sites for hydroxylation is 4. The molecule has 4 heteroatoms. The van der Waals surface area contributed by atoms with Gasteiger partial charge in [0.1, 0.15) is 46.0 Å². The van der Waals surface area contributed by atoms with Crippen LogP contribution in [-0.4, -0.2) is 0 Å². The zero-order chi connectivity index (χ0) is 34.7. The van der Waals surface area contributed by atoms with E-state index in [1.807, 2.05) is 147 Å². The quantitative estimate of drug-likeness (QED) is 0.155. The van der Waals surface area contributed by atoms with Gasteiger partial charge in [-0.15, -0.1) is 0 Å². The largest absolute Gasteiger partial charge is 0.457 e. The van der Waals surface area contributed by atoms with Gasteiger partial charge < -0.3 is 18.9 Å². The van der Waals surface area contributed by atoms with Crippen LogP contribution in [0.15, 0.2) is 170 Å². The van der Waals surface area contributed by atoms with Gasteiger partial charge in [-0.25, -0.2) is 0 Å². The summed E-state index contributed by atoms with van der Waals surface area (Å²) in [7, 11) is 0. The average molecular weight is 657 g/mol. The Morgan fingerprint density at radius 2 is 0.480 bits per heavy atom. The maximum Gasteiger partial charge on any atom is 0.131 e. The van der Waals surface area contributed by atoms with Crippen LogP contribution in [0.5, 0.6) is 46.0 Å². The summed E-state index contributed by atoms with van der Waals surface area (Å²) >= 11 is 0. The lowest BCUT2D eigenvalue weighted by Crippen LogP contribution is -1.88. The highest BCUT2D eigenvalue weighted by molar-refractivity contribution is 5.65. The Hall–Kier alpha value is -6.26. The first-order valence-electron chi connectivity index (χ1n) is 16.6. The predicted molar refractivity (Wildman–Crippen MR) is 203 cm³/mol. The summed E-state index contributed by atoms with van der Waals surface area (Å²) in [5.41, 5.74) is 6.98. The molecule has 0 aliphatic heterocycles. The van der Waals surface area contributed by atoms with Crippen LogP contribution in [0, 0.1) is 27.7 Å². The van der Waals surface area contributed by atoms with Gasteiger partial charge in [-0.05, 0) is 146 Å². The molecule has 4 nitrogen and oxygen atoms in total. The van der Waals surface area contributed by atoms with E-state index in [2.05, 4.69) is 50.2 Å². The summed E-state index contributed by atoms with van der Waals surface area (Å²) in [6.07, 6.45) is 0. The van der Waals surface area contributed by atoms with E-state index < -0.39 is 0 Å². The molecule has 0 fully saturated rings. The molecule has 0 atom stereocenters. The van der Waals surface area contributed by atoms with E-state index in [0.717, 1.165) is 57.1 Å². The summed E-state index contributed by atoms with van der Waals surface area (Å²) in [6.45, 7) is 8.21. The summed E-state index contributed by atoms with van der Waals surface area (Å²) in [5.74, 6) is 6.53. The third-order valence-corrected chi connectivity index (χ3v) is 7.75. The van der Waals surface area contributed by atoms with Crippen LogP contribution in [-0.2, 0) is 0 Å². The number of rotatable bonds is 9. The lowest BCUT2D eigenvalue weighted by Gasteiger charge is -2.10. The van der Waals surface area contributed by atoms with E-state index in [0.29, 0.717) is 0 Å². The van der Waals surface area contributed by atoms with E-state index >= 15 is 0 Å². The second-order valence-corrected chi connectivity index (χ2v) is 12.2. The van der Waals surface area contributed by atoms with Crippen LogP contribution in [0.1, 0.15) is 22.3 Å². The smallest absolute Gasteiger partial charge is 0.131 e. The molecule has 0 aliphatic rings. The zero-order valence-electron chi connectivity index (χ0n) is 28.8. The summed E-state index contributed by atoms with van der Waals surface area (Å²) in [6, 6.07) is 56.0. The predicted octanol–water partition coefficient (Wildman–Crippen LogP) is 13.4. The minimum atomic E-state index is 0.760. The molecule has 0 saturated carbocycles. The lowest BCUT2D eigenvalue weighted by molar-refractivity contribution is 0.460. The van der Waals surface area contributed by atoms with Crippen molar-refractivity contribution >= 4 is 0 Å². The van der Waals surface area contributed by atoms with E-state index in [-0.39, 0.29) is 0 Å². The van der Waals surface area contributed by atoms with Crippen LogP contribution in [0.4, 0.5) is 0 Å². The summed E-state index contributed by atoms with van der Waals surface area (Å²) in [5, 5.41) is 0. The number of hydrogen-bond acceptors (Lipinski definition) is 4. The molecule has 0 radical (unpaired) electrons. The SMILES string of the molecule is Cc1cccc(Oc2ccc(-c3ccc(Oc4cccc(C)c4)cc3)cc2)c1.Cc1cccc(Oc2cccc(Oc3cccc(C)c3)c2)c1. The van der Waals surface area contributed by atoms with Gasteiger partial charge in [-0.3, -0.25) is 0 Å². The lowest BCUT2D eigenvalue weighted by atomic mass is 10.1. The van der Waals surface area contributed by atoms with Gasteiger partial charge in [0, 0.05) is 6.07 Å². The molecule has 0 spiro atoms. The van der Waals surface area contributed by atoms with Crippen molar-refractivity contribution in [3.63, 3.8) is 0 Å². The fourth-order valence-corrected chi connectivity index (χ4v) is 5.29. The molecule has 0 unspecified atom stereocenters. The van der Waals surface area contributed by atoms with Gasteiger partial charge in [-0.2, -0.15) is 0 Å². The standard InChI is InChI=1S/C26H22O2.C20H18O2/c1-19-5-3-7-25(17-19)27-23-13-9-21(10-14-23)22-11-15-24(16-12-22)28-26-8-4-6-20(2)18-26;1-15-6-3-8-17(12-15)21-19-10-5-11-20(14-19)22-18-9-4-7-16(2)13-18/h3-18H,1-2H3;3-14H,1-2H3. The van der Waals surface area contributed by atoms with Crippen molar-refractivity contribution in [1.82, 2.24) is 0 Å². The monoisotopic (exact) mass is 656 g/mol. The van der Waals surface area contributed by atoms with Crippen LogP contribution < -0.4 is 18.9 Å². The molecule has 7 aromatic carbocycles. The highest BCUT2D eigenvalue weighted by atomic mass is 16.5. The number of benzene rings is 7. The van der Waals surface area contributed by atoms with Gasteiger partial charge in [0.25, 0.3) is 0 Å². The molecule has 0 aliphatic carbocycles. The molecule has 7 aromatic rings. The van der Waals surface area contributed by atoms with E-state index in [9.17, 15) is 0 Å². The molecule has 248 valence electrons. The van der Waals surface area contributed by atoms with Gasteiger partial charge in [0.2, 0.25) is 0 Å². The van der Waals surface area contributed by atoms with Crippen molar-refractivity contribution in [2.45, 2.75) is 27.7 Å². The fraction of sp³-hybridized carbons (Fsp3) is 0.0870. The van der Waals surface area contributed by atoms with E-state index in [4.69, 9.17) is 18.9 Å². The zero-order valence-corrected chi connectivity index (χ0v) is 28.8. The third-order valence-electron chi connectivity index (χ3n) is 7.75. The summed E-state index contributed by atoms with van der Waals surface area (Å²) in [4.78, 5) is 0. The van der Waals surface area contributed by atoms with Crippen LogP contribution in [0.25, 0.3) is 11.1 Å².